The van der Waals surface area contributed by atoms with E-state index in [9.17, 15) is 0 Å². The van der Waals surface area contributed by atoms with Crippen molar-refractivity contribution in [3.63, 3.8) is 0 Å². The number of hydrogen-bond donors (Lipinski definition) is 1. The van der Waals surface area contributed by atoms with Crippen molar-refractivity contribution in [2.45, 2.75) is 45.1 Å². The fourth-order valence-corrected chi connectivity index (χ4v) is 2.92. The first kappa shape index (κ1) is 15.0. The molecule has 0 radical (unpaired) electrons. The van der Waals surface area contributed by atoms with Gasteiger partial charge in [-0.25, -0.2) is 0 Å². The minimum atomic E-state index is -0.272. The van der Waals surface area contributed by atoms with Gasteiger partial charge in [-0.15, -0.1) is 0 Å². The van der Waals surface area contributed by atoms with Crippen molar-refractivity contribution >= 4 is 0 Å². The lowest BCUT2D eigenvalue weighted by Crippen LogP contribution is -2.14. The minimum Gasteiger partial charge on any atom is -0.493 e. The highest BCUT2D eigenvalue weighted by Crippen LogP contribution is 2.26. The molecule has 0 spiro atoms. The van der Waals surface area contributed by atoms with Gasteiger partial charge in [0, 0.05) is 0 Å². The molecule has 118 valence electrons. The minimum absolute atomic E-state index is 0.272. The third kappa shape index (κ3) is 3.85. The Labute approximate surface area is 130 Å². The number of aromatic nitrogens is 2. The van der Waals surface area contributed by atoms with Crippen LogP contribution in [0.25, 0.3) is 0 Å². The van der Waals surface area contributed by atoms with Crippen LogP contribution in [0.1, 0.15) is 49.0 Å². The van der Waals surface area contributed by atoms with Crippen LogP contribution >= 0.6 is 0 Å². The van der Waals surface area contributed by atoms with Crippen molar-refractivity contribution in [3.05, 3.63) is 41.5 Å². The maximum atomic E-state index is 6.09. The van der Waals surface area contributed by atoms with Gasteiger partial charge in [0.15, 0.2) is 5.82 Å². The van der Waals surface area contributed by atoms with Crippen molar-refractivity contribution in [3.8, 4) is 5.75 Å². The van der Waals surface area contributed by atoms with Crippen LogP contribution in [0, 0.1) is 12.8 Å². The maximum Gasteiger partial charge on any atom is 0.243 e. The summed E-state index contributed by atoms with van der Waals surface area (Å²) in [6.07, 6.45) is 5.97. The Kier molecular flexibility index (Phi) is 4.73. The molecule has 1 fully saturated rings. The summed E-state index contributed by atoms with van der Waals surface area (Å²) >= 11 is 0. The van der Waals surface area contributed by atoms with Gasteiger partial charge in [-0.3, -0.25) is 0 Å². The molecule has 0 saturated heterocycles. The number of benzene rings is 1. The average Bonchev–Trinajstić information content (AvgIpc) is 3.18. The normalized spacial score (nSPS) is 16.8. The highest BCUT2D eigenvalue weighted by molar-refractivity contribution is 5.28. The summed E-state index contributed by atoms with van der Waals surface area (Å²) in [5, 5.41) is 3.77. The number of ether oxygens (including phenoxy) is 1. The monoisotopic (exact) mass is 301 g/mol. The highest BCUT2D eigenvalue weighted by atomic mass is 16.5. The van der Waals surface area contributed by atoms with Crippen LogP contribution in [-0.4, -0.2) is 16.7 Å². The van der Waals surface area contributed by atoms with E-state index < -0.39 is 0 Å². The number of nitrogens with zero attached hydrogens (tertiary/aromatic N) is 2. The molecule has 22 heavy (non-hydrogen) atoms. The van der Waals surface area contributed by atoms with Gasteiger partial charge in [0.1, 0.15) is 5.75 Å². The predicted octanol–water partition coefficient (Wildman–Crippen LogP) is 3.19. The first-order valence-electron chi connectivity index (χ1n) is 7.98. The molecule has 2 N–H and O–H groups in total. The highest BCUT2D eigenvalue weighted by Gasteiger charge is 2.16. The molecule has 5 nitrogen and oxygen atoms in total. The zero-order chi connectivity index (χ0) is 15.4. The van der Waals surface area contributed by atoms with Crippen LogP contribution in [0.4, 0.5) is 0 Å². The Morgan fingerprint density at radius 1 is 1.27 bits per heavy atom. The third-order valence-electron chi connectivity index (χ3n) is 4.20. The fourth-order valence-electron chi connectivity index (χ4n) is 2.92. The Morgan fingerprint density at radius 2 is 2.00 bits per heavy atom. The Balaban J connectivity index is 1.52. The van der Waals surface area contributed by atoms with Crippen LogP contribution in [0.15, 0.2) is 28.8 Å². The van der Waals surface area contributed by atoms with Crippen molar-refractivity contribution in [2.24, 2.45) is 11.7 Å². The van der Waals surface area contributed by atoms with E-state index in [2.05, 4.69) is 10.1 Å². The molecule has 1 aliphatic rings. The van der Waals surface area contributed by atoms with Gasteiger partial charge in [0.25, 0.3) is 0 Å². The SMILES string of the molecule is Cc1noc([C@@H](N)Cc2ccc(OCC3CCCC3)cc2)n1. The molecule has 0 amide bonds. The number of hydrogen-bond acceptors (Lipinski definition) is 5. The zero-order valence-corrected chi connectivity index (χ0v) is 13.0. The third-order valence-corrected chi connectivity index (χ3v) is 4.20. The second-order valence-corrected chi connectivity index (χ2v) is 6.10. The summed E-state index contributed by atoms with van der Waals surface area (Å²) in [6.45, 7) is 2.62. The molecule has 0 aliphatic heterocycles. The van der Waals surface area contributed by atoms with Gasteiger partial charge >= 0.3 is 0 Å². The van der Waals surface area contributed by atoms with Crippen molar-refractivity contribution in [2.75, 3.05) is 6.61 Å². The van der Waals surface area contributed by atoms with Crippen LogP contribution in [-0.2, 0) is 6.42 Å². The lowest BCUT2D eigenvalue weighted by atomic mass is 10.1. The van der Waals surface area contributed by atoms with Gasteiger partial charge in [0.2, 0.25) is 5.89 Å². The van der Waals surface area contributed by atoms with E-state index in [1.807, 2.05) is 24.3 Å². The number of rotatable bonds is 6. The molecular formula is C17H23N3O2. The van der Waals surface area contributed by atoms with Crippen molar-refractivity contribution < 1.29 is 9.26 Å². The Hall–Kier alpha value is -1.88. The summed E-state index contributed by atoms with van der Waals surface area (Å²) in [7, 11) is 0. The number of aryl methyl sites for hydroxylation is 1. The summed E-state index contributed by atoms with van der Waals surface area (Å²) in [4.78, 5) is 4.17. The molecule has 1 saturated carbocycles. The first-order chi connectivity index (χ1) is 10.7. The molecule has 1 aromatic carbocycles. The van der Waals surface area contributed by atoms with E-state index in [0.717, 1.165) is 23.8 Å². The Morgan fingerprint density at radius 3 is 2.64 bits per heavy atom. The van der Waals surface area contributed by atoms with E-state index in [1.54, 1.807) is 6.92 Å². The van der Waals surface area contributed by atoms with Gasteiger partial charge in [0.05, 0.1) is 12.6 Å². The topological polar surface area (TPSA) is 74.2 Å². The van der Waals surface area contributed by atoms with Gasteiger partial charge in [-0.1, -0.05) is 30.1 Å². The van der Waals surface area contributed by atoms with Crippen molar-refractivity contribution in [1.29, 1.82) is 0 Å². The smallest absolute Gasteiger partial charge is 0.243 e. The van der Waals surface area contributed by atoms with Gasteiger partial charge in [-0.05, 0) is 49.8 Å². The second kappa shape index (κ2) is 6.92. The predicted molar refractivity (Wildman–Crippen MR) is 83.6 cm³/mol. The molecule has 5 heteroatoms. The van der Waals surface area contributed by atoms with Crippen LogP contribution in [0.2, 0.25) is 0 Å². The van der Waals surface area contributed by atoms with Crippen molar-refractivity contribution in [1.82, 2.24) is 10.1 Å². The van der Waals surface area contributed by atoms with Crippen LogP contribution in [0.5, 0.6) is 5.75 Å². The van der Waals surface area contributed by atoms with Crippen LogP contribution in [0.3, 0.4) is 0 Å². The standard InChI is InChI=1S/C17H23N3O2/c1-12-19-17(22-20-12)16(18)10-13-6-8-15(9-7-13)21-11-14-4-2-3-5-14/h6-9,14,16H,2-5,10-11,18H2,1H3/t16-/m0/s1. The molecule has 2 aromatic rings. The van der Waals surface area contributed by atoms with E-state index in [1.165, 1.54) is 25.7 Å². The second-order valence-electron chi connectivity index (χ2n) is 6.10. The van der Waals surface area contributed by atoms with Crippen LogP contribution < -0.4 is 10.5 Å². The largest absolute Gasteiger partial charge is 0.493 e. The molecule has 3 rings (SSSR count). The summed E-state index contributed by atoms with van der Waals surface area (Å²) in [5.41, 5.74) is 7.23. The Bertz CT molecular complexity index is 588. The number of nitrogens with two attached hydrogens (primary N) is 1. The molecule has 1 atom stereocenters. The molecule has 0 unspecified atom stereocenters. The maximum absolute atomic E-state index is 6.09. The van der Waals surface area contributed by atoms with E-state index in [-0.39, 0.29) is 6.04 Å². The fraction of sp³-hybridized carbons (Fsp3) is 0.529. The molecule has 1 heterocycles. The lowest BCUT2D eigenvalue weighted by molar-refractivity contribution is 0.252. The first-order valence-corrected chi connectivity index (χ1v) is 7.98. The quantitative estimate of drug-likeness (QED) is 0.887. The average molecular weight is 301 g/mol. The molecule has 1 aromatic heterocycles. The molecule has 0 bridgehead atoms. The van der Waals surface area contributed by atoms with Gasteiger partial charge < -0.3 is 15.0 Å². The van der Waals surface area contributed by atoms with E-state index >= 15 is 0 Å². The lowest BCUT2D eigenvalue weighted by Gasteiger charge is -2.12. The van der Waals surface area contributed by atoms with Gasteiger partial charge in [-0.2, -0.15) is 4.98 Å². The summed E-state index contributed by atoms with van der Waals surface area (Å²) in [5.74, 6) is 2.76. The summed E-state index contributed by atoms with van der Waals surface area (Å²) < 4.78 is 11.0. The molecular weight excluding hydrogens is 278 g/mol. The molecule has 1 aliphatic carbocycles. The van der Waals surface area contributed by atoms with E-state index in [4.69, 9.17) is 15.0 Å². The summed E-state index contributed by atoms with van der Waals surface area (Å²) in [6, 6.07) is 7.85. The van der Waals surface area contributed by atoms with E-state index in [0.29, 0.717) is 18.1 Å². The zero-order valence-electron chi connectivity index (χ0n) is 13.0.